The Hall–Kier alpha value is -1.46. The molecule has 0 unspecified atom stereocenters. The lowest BCUT2D eigenvalue weighted by atomic mass is 10.1. The molecule has 0 bridgehead atoms. The van der Waals surface area contributed by atoms with Gasteiger partial charge >= 0.3 is 0 Å². The van der Waals surface area contributed by atoms with Crippen LogP contribution in [0.3, 0.4) is 0 Å². The van der Waals surface area contributed by atoms with Gasteiger partial charge < -0.3 is 10.5 Å². The highest BCUT2D eigenvalue weighted by Gasteiger charge is 2.12. The van der Waals surface area contributed by atoms with Crippen LogP contribution < -0.4 is 10.5 Å². The molecule has 0 aromatic heterocycles. The van der Waals surface area contributed by atoms with E-state index in [1.165, 1.54) is 6.07 Å². The highest BCUT2D eigenvalue weighted by molar-refractivity contribution is 9.10. The van der Waals surface area contributed by atoms with Crippen LogP contribution in [0.4, 0.5) is 8.78 Å². The fourth-order valence-corrected chi connectivity index (χ4v) is 2.30. The first kappa shape index (κ1) is 14.9. The topological polar surface area (TPSA) is 35.2 Å². The summed E-state index contributed by atoms with van der Waals surface area (Å²) in [6.07, 6.45) is 0.717. The van der Waals surface area contributed by atoms with E-state index in [1.807, 2.05) is 24.3 Å². The Kier molecular flexibility index (Phi) is 5.09. The average molecular weight is 342 g/mol. The number of nitrogens with two attached hydrogens (primary N) is 1. The van der Waals surface area contributed by atoms with Crippen LogP contribution in [0.15, 0.2) is 40.9 Å². The Morgan fingerprint density at radius 1 is 1.10 bits per heavy atom. The lowest BCUT2D eigenvalue weighted by Crippen LogP contribution is -2.07. The van der Waals surface area contributed by atoms with E-state index in [-0.39, 0.29) is 12.4 Å². The minimum Gasteiger partial charge on any atom is -0.486 e. The minimum absolute atomic E-state index is 0.112. The van der Waals surface area contributed by atoms with Crippen LogP contribution >= 0.6 is 15.9 Å². The van der Waals surface area contributed by atoms with E-state index >= 15 is 0 Å². The Bertz CT molecular complexity index is 604. The molecule has 0 aliphatic rings. The van der Waals surface area contributed by atoms with Crippen LogP contribution in [0.5, 0.6) is 5.75 Å². The third-order valence-corrected chi connectivity index (χ3v) is 3.33. The highest BCUT2D eigenvalue weighted by atomic mass is 79.9. The van der Waals surface area contributed by atoms with Crippen molar-refractivity contribution < 1.29 is 13.5 Å². The molecule has 2 aromatic rings. The lowest BCUT2D eigenvalue weighted by Gasteiger charge is -2.11. The van der Waals surface area contributed by atoms with E-state index in [2.05, 4.69) is 15.9 Å². The van der Waals surface area contributed by atoms with E-state index in [0.29, 0.717) is 11.0 Å². The zero-order chi connectivity index (χ0) is 14.5. The average Bonchev–Trinajstić information content (AvgIpc) is 2.43. The SMILES string of the molecule is NCCc1ccccc1COc1cc(Br)cc(F)c1F. The molecule has 0 fully saturated rings. The second-order valence-corrected chi connectivity index (χ2v) is 5.21. The molecule has 20 heavy (non-hydrogen) atoms. The van der Waals surface area contributed by atoms with Gasteiger partial charge in [-0.05, 0) is 36.2 Å². The summed E-state index contributed by atoms with van der Waals surface area (Å²) >= 11 is 3.11. The standard InChI is InChI=1S/C15H14BrF2NO/c16-12-7-13(17)15(18)14(8-12)20-9-11-4-2-1-3-10(11)5-6-19/h1-4,7-8H,5-6,9,19H2. The number of hydrogen-bond donors (Lipinski definition) is 1. The minimum atomic E-state index is -0.982. The second kappa shape index (κ2) is 6.81. The summed E-state index contributed by atoms with van der Waals surface area (Å²) in [7, 11) is 0. The predicted octanol–water partition coefficient (Wildman–Crippen LogP) is 3.81. The fourth-order valence-electron chi connectivity index (χ4n) is 1.89. The van der Waals surface area contributed by atoms with Crippen molar-refractivity contribution in [2.75, 3.05) is 6.54 Å². The molecule has 0 spiro atoms. The summed E-state index contributed by atoms with van der Waals surface area (Å²) < 4.78 is 32.7. The van der Waals surface area contributed by atoms with E-state index in [1.54, 1.807) is 0 Å². The fraction of sp³-hybridized carbons (Fsp3) is 0.200. The van der Waals surface area contributed by atoms with E-state index < -0.39 is 11.6 Å². The van der Waals surface area contributed by atoms with E-state index in [4.69, 9.17) is 10.5 Å². The first-order valence-electron chi connectivity index (χ1n) is 6.16. The normalized spacial score (nSPS) is 10.6. The zero-order valence-electron chi connectivity index (χ0n) is 10.7. The molecule has 0 heterocycles. The summed E-state index contributed by atoms with van der Waals surface area (Å²) in [5.41, 5.74) is 7.51. The Labute approximate surface area is 124 Å². The quantitative estimate of drug-likeness (QED) is 0.839. The Morgan fingerprint density at radius 3 is 2.50 bits per heavy atom. The second-order valence-electron chi connectivity index (χ2n) is 4.30. The van der Waals surface area contributed by atoms with Gasteiger partial charge in [0.05, 0.1) is 0 Å². The van der Waals surface area contributed by atoms with Crippen molar-refractivity contribution in [2.24, 2.45) is 5.73 Å². The third-order valence-electron chi connectivity index (χ3n) is 2.87. The predicted molar refractivity (Wildman–Crippen MR) is 77.6 cm³/mol. The summed E-state index contributed by atoms with van der Waals surface area (Å²) in [6.45, 7) is 0.694. The molecule has 0 amide bonds. The Morgan fingerprint density at radius 2 is 1.80 bits per heavy atom. The van der Waals surface area contributed by atoms with Crippen molar-refractivity contribution >= 4 is 15.9 Å². The van der Waals surface area contributed by atoms with E-state index in [0.717, 1.165) is 23.6 Å². The van der Waals surface area contributed by atoms with Crippen LogP contribution in [0, 0.1) is 11.6 Å². The lowest BCUT2D eigenvalue weighted by molar-refractivity contribution is 0.283. The molecule has 106 valence electrons. The summed E-state index contributed by atoms with van der Waals surface area (Å²) in [6, 6.07) is 10.1. The van der Waals surface area contributed by atoms with Gasteiger partial charge in [-0.2, -0.15) is 4.39 Å². The molecular weight excluding hydrogens is 328 g/mol. The highest BCUT2D eigenvalue weighted by Crippen LogP contribution is 2.26. The third kappa shape index (κ3) is 3.55. The molecule has 5 heteroatoms. The molecule has 2 aromatic carbocycles. The molecule has 2 rings (SSSR count). The molecule has 0 radical (unpaired) electrons. The van der Waals surface area contributed by atoms with Crippen LogP contribution in [0.1, 0.15) is 11.1 Å². The molecule has 0 saturated carbocycles. The summed E-state index contributed by atoms with van der Waals surface area (Å²) in [4.78, 5) is 0. The number of benzene rings is 2. The van der Waals surface area contributed by atoms with Crippen molar-refractivity contribution in [3.63, 3.8) is 0 Å². The smallest absolute Gasteiger partial charge is 0.200 e. The van der Waals surface area contributed by atoms with Gasteiger partial charge in [-0.25, -0.2) is 4.39 Å². The largest absolute Gasteiger partial charge is 0.486 e. The van der Waals surface area contributed by atoms with Crippen LogP contribution in [-0.4, -0.2) is 6.54 Å². The monoisotopic (exact) mass is 341 g/mol. The van der Waals surface area contributed by atoms with Gasteiger partial charge in [0, 0.05) is 4.47 Å². The maximum absolute atomic E-state index is 13.6. The van der Waals surface area contributed by atoms with Crippen molar-refractivity contribution in [1.82, 2.24) is 0 Å². The molecule has 0 aliphatic heterocycles. The molecular formula is C15H14BrF2NO. The van der Waals surface area contributed by atoms with Gasteiger partial charge in [0.2, 0.25) is 5.82 Å². The maximum Gasteiger partial charge on any atom is 0.200 e. The number of rotatable bonds is 5. The number of hydrogen-bond acceptors (Lipinski definition) is 2. The van der Waals surface area contributed by atoms with E-state index in [9.17, 15) is 8.78 Å². The van der Waals surface area contributed by atoms with Crippen LogP contribution in [-0.2, 0) is 13.0 Å². The van der Waals surface area contributed by atoms with Crippen molar-refractivity contribution in [3.05, 3.63) is 63.6 Å². The zero-order valence-corrected chi connectivity index (χ0v) is 12.3. The molecule has 0 saturated heterocycles. The van der Waals surface area contributed by atoms with Crippen LogP contribution in [0.25, 0.3) is 0 Å². The van der Waals surface area contributed by atoms with Gasteiger partial charge in [0.1, 0.15) is 6.61 Å². The number of ether oxygens (including phenoxy) is 1. The van der Waals surface area contributed by atoms with Crippen molar-refractivity contribution in [1.29, 1.82) is 0 Å². The van der Waals surface area contributed by atoms with Crippen molar-refractivity contribution in [2.45, 2.75) is 13.0 Å². The summed E-state index contributed by atoms with van der Waals surface area (Å²) in [5, 5.41) is 0. The molecule has 0 atom stereocenters. The maximum atomic E-state index is 13.6. The summed E-state index contributed by atoms with van der Waals surface area (Å²) in [5.74, 6) is -2.03. The van der Waals surface area contributed by atoms with Gasteiger partial charge in [-0.3, -0.25) is 0 Å². The van der Waals surface area contributed by atoms with Crippen molar-refractivity contribution in [3.8, 4) is 5.75 Å². The van der Waals surface area contributed by atoms with Gasteiger partial charge in [0.25, 0.3) is 0 Å². The molecule has 2 N–H and O–H groups in total. The molecule has 2 nitrogen and oxygen atoms in total. The number of halogens is 3. The van der Waals surface area contributed by atoms with Gasteiger partial charge in [0.15, 0.2) is 11.6 Å². The van der Waals surface area contributed by atoms with Gasteiger partial charge in [-0.15, -0.1) is 0 Å². The first-order valence-corrected chi connectivity index (χ1v) is 6.95. The molecule has 0 aliphatic carbocycles. The first-order chi connectivity index (χ1) is 9.61. The van der Waals surface area contributed by atoms with Gasteiger partial charge in [-0.1, -0.05) is 40.2 Å². The Balaban J connectivity index is 2.17. The van der Waals surface area contributed by atoms with Crippen LogP contribution in [0.2, 0.25) is 0 Å².